The molecule has 106 valence electrons. The maximum Gasteiger partial charge on any atom is 0.179 e. The SMILES string of the molecule is CCNC(CS(=O)(=O)c1ccccc1)C1CCCC1. The van der Waals surface area contributed by atoms with Crippen molar-refractivity contribution in [2.45, 2.75) is 43.5 Å². The van der Waals surface area contributed by atoms with Crippen molar-refractivity contribution in [3.8, 4) is 0 Å². The van der Waals surface area contributed by atoms with Crippen LogP contribution < -0.4 is 5.32 Å². The van der Waals surface area contributed by atoms with E-state index in [0.717, 1.165) is 19.4 Å². The van der Waals surface area contributed by atoms with E-state index in [-0.39, 0.29) is 11.8 Å². The first-order valence-electron chi connectivity index (χ1n) is 7.14. The topological polar surface area (TPSA) is 46.2 Å². The summed E-state index contributed by atoms with van der Waals surface area (Å²) in [6.07, 6.45) is 4.78. The second-order valence-electron chi connectivity index (χ2n) is 5.30. The van der Waals surface area contributed by atoms with Crippen LogP contribution in [0, 0.1) is 5.92 Å². The van der Waals surface area contributed by atoms with Gasteiger partial charge >= 0.3 is 0 Å². The van der Waals surface area contributed by atoms with E-state index in [0.29, 0.717) is 10.8 Å². The number of rotatable bonds is 6. The van der Waals surface area contributed by atoms with Gasteiger partial charge in [-0.3, -0.25) is 0 Å². The van der Waals surface area contributed by atoms with Gasteiger partial charge in [0.25, 0.3) is 0 Å². The van der Waals surface area contributed by atoms with Crippen LogP contribution in [0.15, 0.2) is 35.2 Å². The van der Waals surface area contributed by atoms with Gasteiger partial charge in [0.05, 0.1) is 10.6 Å². The van der Waals surface area contributed by atoms with Crippen molar-refractivity contribution < 1.29 is 8.42 Å². The molecule has 0 radical (unpaired) electrons. The standard InChI is InChI=1S/C15H23NO2S/c1-2-16-15(13-8-6-7-9-13)12-19(17,18)14-10-4-3-5-11-14/h3-5,10-11,13,15-16H,2,6-9,12H2,1H3. The fraction of sp³-hybridized carbons (Fsp3) is 0.600. The van der Waals surface area contributed by atoms with Crippen LogP contribution in [0.5, 0.6) is 0 Å². The zero-order valence-electron chi connectivity index (χ0n) is 11.5. The summed E-state index contributed by atoms with van der Waals surface area (Å²) in [5, 5.41) is 3.37. The first-order valence-corrected chi connectivity index (χ1v) is 8.80. The van der Waals surface area contributed by atoms with Crippen molar-refractivity contribution in [2.24, 2.45) is 5.92 Å². The minimum absolute atomic E-state index is 0.0951. The highest BCUT2D eigenvalue weighted by molar-refractivity contribution is 7.91. The Morgan fingerprint density at radius 2 is 1.84 bits per heavy atom. The van der Waals surface area contributed by atoms with E-state index in [1.165, 1.54) is 12.8 Å². The van der Waals surface area contributed by atoms with Crippen LogP contribution in [-0.4, -0.2) is 26.8 Å². The van der Waals surface area contributed by atoms with Crippen LogP contribution in [0.2, 0.25) is 0 Å². The van der Waals surface area contributed by atoms with Gasteiger partial charge in [0.2, 0.25) is 0 Å². The highest BCUT2D eigenvalue weighted by Gasteiger charge is 2.29. The van der Waals surface area contributed by atoms with Crippen LogP contribution in [0.1, 0.15) is 32.6 Å². The van der Waals surface area contributed by atoms with Crippen LogP contribution in [0.3, 0.4) is 0 Å². The molecule has 1 aromatic carbocycles. The van der Waals surface area contributed by atoms with Gasteiger partial charge < -0.3 is 5.32 Å². The lowest BCUT2D eigenvalue weighted by Crippen LogP contribution is -2.40. The molecule has 0 aliphatic heterocycles. The van der Waals surface area contributed by atoms with Gasteiger partial charge in [-0.25, -0.2) is 8.42 Å². The highest BCUT2D eigenvalue weighted by Crippen LogP contribution is 2.29. The van der Waals surface area contributed by atoms with Crippen molar-refractivity contribution in [3.63, 3.8) is 0 Å². The summed E-state index contributed by atoms with van der Waals surface area (Å²) in [4.78, 5) is 0.441. The number of benzene rings is 1. The smallest absolute Gasteiger partial charge is 0.179 e. The summed E-state index contributed by atoms with van der Waals surface area (Å²) >= 11 is 0. The summed E-state index contributed by atoms with van der Waals surface area (Å²) in [6.45, 7) is 2.86. The lowest BCUT2D eigenvalue weighted by Gasteiger charge is -2.24. The van der Waals surface area contributed by atoms with E-state index in [1.807, 2.05) is 13.0 Å². The second kappa shape index (κ2) is 6.53. The summed E-state index contributed by atoms with van der Waals surface area (Å²) in [5.41, 5.74) is 0. The molecule has 1 aromatic rings. The molecule has 19 heavy (non-hydrogen) atoms. The zero-order chi connectivity index (χ0) is 13.7. The minimum atomic E-state index is -3.18. The Balaban J connectivity index is 2.11. The predicted octanol–water partition coefficient (Wildman–Crippen LogP) is 2.63. The van der Waals surface area contributed by atoms with Gasteiger partial charge in [-0.15, -0.1) is 0 Å². The van der Waals surface area contributed by atoms with E-state index in [9.17, 15) is 8.42 Å². The molecule has 0 amide bonds. The van der Waals surface area contributed by atoms with Crippen molar-refractivity contribution in [3.05, 3.63) is 30.3 Å². The Hall–Kier alpha value is -0.870. The van der Waals surface area contributed by atoms with Gasteiger partial charge in [0.15, 0.2) is 9.84 Å². The molecule has 0 spiro atoms. The van der Waals surface area contributed by atoms with E-state index in [1.54, 1.807) is 24.3 Å². The van der Waals surface area contributed by atoms with Gasteiger partial charge in [-0.1, -0.05) is 38.0 Å². The summed E-state index contributed by atoms with van der Waals surface area (Å²) in [5.74, 6) is 0.730. The first-order chi connectivity index (χ1) is 9.13. The maximum absolute atomic E-state index is 12.4. The molecule has 0 saturated heterocycles. The Kier molecular flexibility index (Phi) is 4.99. The van der Waals surface area contributed by atoms with Crippen molar-refractivity contribution in [2.75, 3.05) is 12.3 Å². The van der Waals surface area contributed by atoms with Gasteiger partial charge in [0, 0.05) is 6.04 Å². The van der Waals surface area contributed by atoms with E-state index >= 15 is 0 Å². The zero-order valence-corrected chi connectivity index (χ0v) is 12.3. The molecule has 3 nitrogen and oxygen atoms in total. The molecule has 1 atom stereocenters. The van der Waals surface area contributed by atoms with Crippen molar-refractivity contribution in [1.29, 1.82) is 0 Å². The number of sulfone groups is 1. The lowest BCUT2D eigenvalue weighted by molar-refractivity contribution is 0.389. The van der Waals surface area contributed by atoms with Gasteiger partial charge in [-0.05, 0) is 37.4 Å². The molecule has 1 unspecified atom stereocenters. The molecule has 4 heteroatoms. The Bertz CT molecular complexity index is 478. The molecule has 0 heterocycles. The fourth-order valence-corrected chi connectivity index (χ4v) is 4.57. The molecule has 1 saturated carbocycles. The Morgan fingerprint density at radius 3 is 2.42 bits per heavy atom. The van der Waals surface area contributed by atoms with Crippen LogP contribution in [0.4, 0.5) is 0 Å². The first kappa shape index (κ1) is 14.5. The summed E-state index contributed by atoms with van der Waals surface area (Å²) < 4.78 is 24.9. The molecule has 1 fully saturated rings. The third-order valence-electron chi connectivity index (χ3n) is 3.94. The molecule has 1 aliphatic carbocycles. The van der Waals surface area contributed by atoms with E-state index < -0.39 is 9.84 Å². The second-order valence-corrected chi connectivity index (χ2v) is 7.34. The molecule has 2 rings (SSSR count). The van der Waals surface area contributed by atoms with Gasteiger partial charge in [-0.2, -0.15) is 0 Å². The fourth-order valence-electron chi connectivity index (χ4n) is 2.94. The number of hydrogen-bond acceptors (Lipinski definition) is 3. The molecule has 1 N–H and O–H groups in total. The van der Waals surface area contributed by atoms with E-state index in [4.69, 9.17) is 0 Å². The third-order valence-corrected chi connectivity index (χ3v) is 5.72. The van der Waals surface area contributed by atoms with Crippen molar-refractivity contribution >= 4 is 9.84 Å². The summed E-state index contributed by atoms with van der Waals surface area (Å²) in [6, 6.07) is 8.88. The molecule has 0 aromatic heterocycles. The predicted molar refractivity (Wildman–Crippen MR) is 77.9 cm³/mol. The largest absolute Gasteiger partial charge is 0.313 e. The average Bonchev–Trinajstić information content (AvgIpc) is 2.93. The minimum Gasteiger partial charge on any atom is -0.313 e. The summed E-state index contributed by atoms with van der Waals surface area (Å²) in [7, 11) is -3.18. The van der Waals surface area contributed by atoms with Crippen LogP contribution in [-0.2, 0) is 9.84 Å². The molecular formula is C15H23NO2S. The van der Waals surface area contributed by atoms with Crippen LogP contribution >= 0.6 is 0 Å². The Labute approximate surface area is 116 Å². The van der Waals surface area contributed by atoms with E-state index in [2.05, 4.69) is 5.32 Å². The Morgan fingerprint density at radius 1 is 1.21 bits per heavy atom. The monoisotopic (exact) mass is 281 g/mol. The maximum atomic E-state index is 12.4. The normalized spacial score (nSPS) is 18.6. The quantitative estimate of drug-likeness (QED) is 0.872. The molecular weight excluding hydrogens is 258 g/mol. The van der Waals surface area contributed by atoms with Crippen molar-refractivity contribution in [1.82, 2.24) is 5.32 Å². The van der Waals surface area contributed by atoms with Gasteiger partial charge in [0.1, 0.15) is 0 Å². The number of nitrogens with one attached hydrogen (secondary N) is 1. The third kappa shape index (κ3) is 3.80. The van der Waals surface area contributed by atoms with Crippen LogP contribution in [0.25, 0.3) is 0 Å². The molecule has 0 bridgehead atoms. The lowest BCUT2D eigenvalue weighted by atomic mass is 10.00. The number of hydrogen-bond donors (Lipinski definition) is 1. The average molecular weight is 281 g/mol. The highest BCUT2D eigenvalue weighted by atomic mass is 32.2. The molecule has 1 aliphatic rings.